The number of ether oxygens (including phenoxy) is 2. The molecule has 0 N–H and O–H groups in total. The number of carbonyl (C=O) groups is 1. The third-order valence-corrected chi connectivity index (χ3v) is 5.03. The molecule has 0 saturated carbocycles. The van der Waals surface area contributed by atoms with Gasteiger partial charge in [0.2, 0.25) is 0 Å². The van der Waals surface area contributed by atoms with Crippen LogP contribution in [0.1, 0.15) is 11.1 Å². The van der Waals surface area contributed by atoms with Crippen molar-refractivity contribution >= 4 is 35.1 Å². The first-order valence-electron chi connectivity index (χ1n) is 9.29. The molecule has 150 valence electrons. The Morgan fingerprint density at radius 3 is 2.30 bits per heavy atom. The first-order chi connectivity index (χ1) is 14.6. The Kier molecular flexibility index (Phi) is 5.55. The van der Waals surface area contributed by atoms with Crippen LogP contribution in [0.5, 0.6) is 11.5 Å². The summed E-state index contributed by atoms with van der Waals surface area (Å²) in [5.41, 5.74) is 2.48. The first-order valence-corrected chi connectivity index (χ1v) is 9.67. The van der Waals surface area contributed by atoms with Crippen LogP contribution in [-0.4, -0.2) is 26.0 Å². The van der Waals surface area contributed by atoms with Gasteiger partial charge in [-0.1, -0.05) is 48.0 Å². The largest absolute Gasteiger partial charge is 0.493 e. The summed E-state index contributed by atoms with van der Waals surface area (Å²) >= 11 is 6.42. The second-order valence-corrected chi connectivity index (χ2v) is 6.94. The number of nitrogens with zero attached hydrogens (tertiary/aromatic N) is 2. The number of aliphatic imine (C=N–C) groups is 1. The summed E-state index contributed by atoms with van der Waals surface area (Å²) < 4.78 is 10.6. The maximum atomic E-state index is 13.3. The van der Waals surface area contributed by atoms with Crippen molar-refractivity contribution < 1.29 is 14.3 Å². The van der Waals surface area contributed by atoms with Gasteiger partial charge in [-0.25, -0.2) is 4.99 Å². The molecule has 4 rings (SSSR count). The Morgan fingerprint density at radius 2 is 1.60 bits per heavy atom. The second-order valence-electron chi connectivity index (χ2n) is 6.54. The Bertz CT molecular complexity index is 1160. The highest BCUT2D eigenvalue weighted by Crippen LogP contribution is 2.32. The van der Waals surface area contributed by atoms with E-state index in [2.05, 4.69) is 4.99 Å². The molecule has 0 unspecified atom stereocenters. The molecule has 0 atom stereocenters. The third kappa shape index (κ3) is 3.67. The lowest BCUT2D eigenvalue weighted by Gasteiger charge is -2.19. The fourth-order valence-corrected chi connectivity index (χ4v) is 3.48. The zero-order valence-corrected chi connectivity index (χ0v) is 17.3. The molecule has 0 aliphatic carbocycles. The fourth-order valence-electron chi connectivity index (χ4n) is 3.26. The predicted molar refractivity (Wildman–Crippen MR) is 119 cm³/mol. The van der Waals surface area contributed by atoms with Crippen molar-refractivity contribution in [2.45, 2.75) is 0 Å². The normalized spacial score (nSPS) is 14.8. The molecule has 30 heavy (non-hydrogen) atoms. The van der Waals surface area contributed by atoms with Gasteiger partial charge in [0.05, 0.1) is 24.9 Å². The van der Waals surface area contributed by atoms with E-state index in [0.29, 0.717) is 33.6 Å². The van der Waals surface area contributed by atoms with E-state index < -0.39 is 0 Å². The van der Waals surface area contributed by atoms with E-state index in [9.17, 15) is 4.79 Å². The van der Waals surface area contributed by atoms with E-state index in [1.54, 1.807) is 43.4 Å². The molecule has 3 aromatic carbocycles. The molecule has 0 bridgehead atoms. The summed E-state index contributed by atoms with van der Waals surface area (Å²) in [4.78, 5) is 19.6. The summed E-state index contributed by atoms with van der Waals surface area (Å²) in [6, 6.07) is 22.2. The van der Waals surface area contributed by atoms with Crippen molar-refractivity contribution in [2.24, 2.45) is 4.99 Å². The number of amidine groups is 1. The van der Waals surface area contributed by atoms with Gasteiger partial charge >= 0.3 is 0 Å². The zero-order valence-electron chi connectivity index (χ0n) is 16.5. The fraction of sp³-hybridized carbons (Fsp3) is 0.0833. The monoisotopic (exact) mass is 418 g/mol. The zero-order chi connectivity index (χ0) is 21.1. The Balaban J connectivity index is 1.82. The minimum Gasteiger partial charge on any atom is -0.493 e. The van der Waals surface area contributed by atoms with E-state index in [0.717, 1.165) is 11.3 Å². The van der Waals surface area contributed by atoms with Crippen LogP contribution in [0.25, 0.3) is 6.08 Å². The minimum atomic E-state index is -0.231. The van der Waals surface area contributed by atoms with E-state index in [1.165, 1.54) is 0 Å². The molecule has 0 radical (unpaired) electrons. The summed E-state index contributed by atoms with van der Waals surface area (Å²) in [5.74, 6) is 1.45. The van der Waals surface area contributed by atoms with Gasteiger partial charge in [-0.15, -0.1) is 0 Å². The van der Waals surface area contributed by atoms with Gasteiger partial charge in [-0.3, -0.25) is 9.69 Å². The van der Waals surface area contributed by atoms with Crippen molar-refractivity contribution in [1.82, 2.24) is 0 Å². The Morgan fingerprint density at radius 1 is 0.900 bits per heavy atom. The standard InChI is InChI=1S/C24H19ClN2O3/c1-29-21-13-12-16(15-22(21)30-2)14-20-24(28)27(17-8-4-3-5-9-17)23(26-20)18-10-6-7-11-19(18)25/h3-15H,1-2H3/b20-14+. The molecule has 0 saturated heterocycles. The molecule has 1 heterocycles. The lowest BCUT2D eigenvalue weighted by molar-refractivity contribution is -0.113. The number of halogens is 1. The number of benzene rings is 3. The maximum absolute atomic E-state index is 13.3. The van der Waals surface area contributed by atoms with Crippen LogP contribution >= 0.6 is 11.6 Å². The predicted octanol–water partition coefficient (Wildman–Crippen LogP) is 5.19. The summed E-state index contributed by atoms with van der Waals surface area (Å²) in [7, 11) is 3.15. The molecule has 5 nitrogen and oxygen atoms in total. The first kappa shape index (κ1) is 19.7. The molecule has 1 amide bonds. The van der Waals surface area contributed by atoms with Crippen LogP contribution in [0.15, 0.2) is 83.5 Å². The molecule has 0 fully saturated rings. The van der Waals surface area contributed by atoms with Crippen molar-refractivity contribution in [3.05, 3.63) is 94.6 Å². The average molecular weight is 419 g/mol. The number of para-hydroxylation sites is 1. The molecule has 0 spiro atoms. The van der Waals surface area contributed by atoms with Crippen LogP contribution in [0.4, 0.5) is 5.69 Å². The highest BCUT2D eigenvalue weighted by atomic mass is 35.5. The third-order valence-electron chi connectivity index (χ3n) is 4.70. The van der Waals surface area contributed by atoms with E-state index in [4.69, 9.17) is 21.1 Å². The minimum absolute atomic E-state index is 0.231. The maximum Gasteiger partial charge on any atom is 0.282 e. The van der Waals surface area contributed by atoms with Gasteiger partial charge in [-0.05, 0) is 48.0 Å². The number of rotatable bonds is 5. The molecule has 1 aliphatic rings. The Hall–Kier alpha value is -3.57. The van der Waals surface area contributed by atoms with Gasteiger partial charge < -0.3 is 9.47 Å². The van der Waals surface area contributed by atoms with Crippen LogP contribution in [0, 0.1) is 0 Å². The van der Waals surface area contributed by atoms with E-state index >= 15 is 0 Å². The number of amides is 1. The van der Waals surface area contributed by atoms with Gasteiger partial charge in [0.1, 0.15) is 11.5 Å². The van der Waals surface area contributed by atoms with Crippen molar-refractivity contribution in [3.63, 3.8) is 0 Å². The van der Waals surface area contributed by atoms with E-state index in [-0.39, 0.29) is 5.91 Å². The molecule has 3 aromatic rings. The number of anilines is 1. The highest BCUT2D eigenvalue weighted by Gasteiger charge is 2.33. The molecule has 1 aliphatic heterocycles. The van der Waals surface area contributed by atoms with Gasteiger partial charge in [-0.2, -0.15) is 0 Å². The number of hydrogen-bond acceptors (Lipinski definition) is 4. The SMILES string of the molecule is COc1ccc(/C=C2/N=C(c3ccccc3Cl)N(c3ccccc3)C2=O)cc1OC. The summed E-state index contributed by atoms with van der Waals surface area (Å²) in [5, 5.41) is 0.525. The van der Waals surface area contributed by atoms with Crippen LogP contribution in [0.2, 0.25) is 5.02 Å². The van der Waals surface area contributed by atoms with Gasteiger partial charge in [0.25, 0.3) is 5.91 Å². The second kappa shape index (κ2) is 8.43. The topological polar surface area (TPSA) is 51.1 Å². The molecular weight excluding hydrogens is 400 g/mol. The average Bonchev–Trinajstić information content (AvgIpc) is 3.10. The van der Waals surface area contributed by atoms with Crippen LogP contribution < -0.4 is 14.4 Å². The summed E-state index contributed by atoms with van der Waals surface area (Å²) in [6.07, 6.45) is 1.73. The lowest BCUT2D eigenvalue weighted by atomic mass is 10.1. The van der Waals surface area contributed by atoms with Gasteiger partial charge in [0.15, 0.2) is 11.5 Å². The quantitative estimate of drug-likeness (QED) is 0.535. The Labute approximate surface area is 179 Å². The number of carbonyl (C=O) groups excluding carboxylic acids is 1. The highest BCUT2D eigenvalue weighted by molar-refractivity contribution is 6.39. The molecule has 0 aromatic heterocycles. The molecule has 6 heteroatoms. The lowest BCUT2D eigenvalue weighted by Crippen LogP contribution is -2.32. The number of methoxy groups -OCH3 is 2. The van der Waals surface area contributed by atoms with Gasteiger partial charge in [0, 0.05) is 5.56 Å². The van der Waals surface area contributed by atoms with E-state index in [1.807, 2.05) is 54.6 Å². The van der Waals surface area contributed by atoms with Crippen LogP contribution in [0.3, 0.4) is 0 Å². The molecular formula is C24H19ClN2O3. The van der Waals surface area contributed by atoms with Crippen molar-refractivity contribution in [3.8, 4) is 11.5 Å². The number of hydrogen-bond donors (Lipinski definition) is 0. The van der Waals surface area contributed by atoms with Crippen molar-refractivity contribution in [2.75, 3.05) is 19.1 Å². The van der Waals surface area contributed by atoms with Crippen molar-refractivity contribution in [1.29, 1.82) is 0 Å². The summed E-state index contributed by atoms with van der Waals surface area (Å²) in [6.45, 7) is 0. The smallest absolute Gasteiger partial charge is 0.282 e. The van der Waals surface area contributed by atoms with Crippen LogP contribution in [-0.2, 0) is 4.79 Å².